The van der Waals surface area contributed by atoms with Crippen molar-refractivity contribution in [3.63, 3.8) is 0 Å². The zero-order chi connectivity index (χ0) is 30.7. The van der Waals surface area contributed by atoms with Crippen molar-refractivity contribution in [2.24, 2.45) is 17.6 Å². The first-order valence-electron chi connectivity index (χ1n) is 16.3. The van der Waals surface area contributed by atoms with Gasteiger partial charge in [-0.1, -0.05) is 12.1 Å². The largest absolute Gasteiger partial charge is 0.491 e. The van der Waals surface area contributed by atoms with Crippen molar-refractivity contribution in [1.29, 1.82) is 0 Å². The Balaban J connectivity index is 1.10. The molecule has 0 bridgehead atoms. The molecule has 2 aromatic rings. The molecule has 10 heteroatoms. The number of hydrogen-bond acceptors (Lipinski definition) is 7. The topological polar surface area (TPSA) is 108 Å². The lowest BCUT2D eigenvalue weighted by Crippen LogP contribution is -2.57. The number of carbonyl (C=O) groups excluding carboxylic acids is 1. The van der Waals surface area contributed by atoms with E-state index in [0.29, 0.717) is 23.9 Å². The number of sulfone groups is 1. The van der Waals surface area contributed by atoms with Crippen LogP contribution in [0.15, 0.2) is 53.4 Å². The Bertz CT molecular complexity index is 1390. The van der Waals surface area contributed by atoms with E-state index in [9.17, 15) is 17.6 Å². The molecule has 6 rings (SSSR count). The van der Waals surface area contributed by atoms with Gasteiger partial charge in [0.05, 0.1) is 22.9 Å². The van der Waals surface area contributed by atoms with Crippen molar-refractivity contribution in [3.05, 3.63) is 59.9 Å². The van der Waals surface area contributed by atoms with Gasteiger partial charge in [0.1, 0.15) is 24.3 Å². The van der Waals surface area contributed by atoms with Gasteiger partial charge in [-0.25, -0.2) is 17.6 Å². The average Bonchev–Trinajstić information content (AvgIpc) is 3.76. The fourth-order valence-corrected chi connectivity index (χ4v) is 9.66. The summed E-state index contributed by atoms with van der Waals surface area (Å²) in [6.07, 6.45) is 8.07. The maximum Gasteiger partial charge on any atom is 0.404 e. The number of likely N-dealkylation sites (tertiary alicyclic amines) is 1. The molecule has 240 valence electrons. The smallest absolute Gasteiger partial charge is 0.404 e. The molecule has 2 N–H and O–H groups in total. The number of rotatable bonds is 13. The first kappa shape index (κ1) is 31.3. The van der Waals surface area contributed by atoms with Gasteiger partial charge in [-0.15, -0.1) is 0 Å². The average molecular weight is 629 g/mol. The number of nitrogens with two attached hydrogens (primary N) is 1. The van der Waals surface area contributed by atoms with Crippen molar-refractivity contribution in [1.82, 2.24) is 4.90 Å². The van der Waals surface area contributed by atoms with Crippen LogP contribution in [-0.2, 0) is 24.7 Å². The minimum atomic E-state index is -3.21. The van der Waals surface area contributed by atoms with Crippen LogP contribution in [0.25, 0.3) is 0 Å². The van der Waals surface area contributed by atoms with E-state index in [4.69, 9.17) is 19.9 Å². The lowest BCUT2D eigenvalue weighted by atomic mass is 9.57. The molecule has 1 heterocycles. The van der Waals surface area contributed by atoms with E-state index >= 15 is 0 Å². The molecule has 0 spiro atoms. The van der Waals surface area contributed by atoms with E-state index in [1.54, 1.807) is 30.3 Å². The van der Waals surface area contributed by atoms with Gasteiger partial charge in [0, 0.05) is 17.9 Å². The summed E-state index contributed by atoms with van der Waals surface area (Å²) >= 11 is 0. The molecule has 1 aliphatic heterocycles. The van der Waals surface area contributed by atoms with E-state index in [2.05, 4.69) is 11.0 Å². The Hall–Kier alpha value is -2.69. The number of halogens is 1. The van der Waals surface area contributed by atoms with Crippen molar-refractivity contribution in [3.8, 4) is 5.75 Å². The number of benzene rings is 2. The van der Waals surface area contributed by atoms with Crippen molar-refractivity contribution in [2.45, 2.75) is 92.0 Å². The summed E-state index contributed by atoms with van der Waals surface area (Å²) in [5.41, 5.74) is 6.17. The van der Waals surface area contributed by atoms with Crippen LogP contribution in [0.4, 0.5) is 9.18 Å². The molecule has 0 radical (unpaired) electrons. The predicted molar refractivity (Wildman–Crippen MR) is 165 cm³/mol. The van der Waals surface area contributed by atoms with Gasteiger partial charge in [0.25, 0.3) is 0 Å². The second-order valence-corrected chi connectivity index (χ2v) is 15.3. The van der Waals surface area contributed by atoms with E-state index in [1.807, 2.05) is 6.07 Å². The third-order valence-corrected chi connectivity index (χ3v) is 12.7. The number of carbonyl (C=O) groups is 1. The van der Waals surface area contributed by atoms with Gasteiger partial charge in [0.2, 0.25) is 0 Å². The maximum absolute atomic E-state index is 14.8. The number of hydrogen-bond donors (Lipinski definition) is 1. The molecule has 1 amide bonds. The Kier molecular flexibility index (Phi) is 9.50. The van der Waals surface area contributed by atoms with E-state index in [-0.39, 0.29) is 40.5 Å². The minimum Gasteiger partial charge on any atom is -0.491 e. The van der Waals surface area contributed by atoms with Crippen LogP contribution in [0.1, 0.15) is 69.8 Å². The highest BCUT2D eigenvalue weighted by atomic mass is 32.2. The molecule has 4 aliphatic rings. The van der Waals surface area contributed by atoms with Crippen LogP contribution < -0.4 is 10.5 Å². The van der Waals surface area contributed by atoms with Gasteiger partial charge in [-0.2, -0.15) is 0 Å². The van der Waals surface area contributed by atoms with Crippen LogP contribution >= 0.6 is 0 Å². The van der Waals surface area contributed by atoms with Crippen LogP contribution in [0, 0.1) is 17.7 Å². The molecule has 2 aromatic carbocycles. The summed E-state index contributed by atoms with van der Waals surface area (Å²) in [5, 5.41) is -0.226. The third kappa shape index (κ3) is 6.77. The zero-order valence-corrected chi connectivity index (χ0v) is 26.2. The van der Waals surface area contributed by atoms with Crippen molar-refractivity contribution in [2.75, 3.05) is 32.8 Å². The lowest BCUT2D eigenvalue weighted by molar-refractivity contribution is -0.0364. The summed E-state index contributed by atoms with van der Waals surface area (Å²) in [5.74, 6) is 0.742. The molecular weight excluding hydrogens is 583 g/mol. The standard InChI is InChI=1S/C34H45FN2O6S/c35-26-5-1-4-25(22-26)34(23-37-18-3-19-37,31-6-2-7-32(31)43-33(36)38)24-8-10-27(11-9-24)41-20-21-42-28-12-14-29(15-13-28)44(39,40)30-16-17-30/h1,4-5,12-15,22,24,27,30-32H,2-3,6-11,16-21,23H2,(H2,36,38)/t24?,27?,31-,32-,34+/m0/s1. The second-order valence-electron chi connectivity index (χ2n) is 13.1. The summed E-state index contributed by atoms with van der Waals surface area (Å²) in [6, 6.07) is 13.7. The summed E-state index contributed by atoms with van der Waals surface area (Å²) in [7, 11) is -3.21. The van der Waals surface area contributed by atoms with E-state index in [0.717, 1.165) is 89.4 Å². The highest BCUT2D eigenvalue weighted by molar-refractivity contribution is 7.92. The van der Waals surface area contributed by atoms with Gasteiger partial charge >= 0.3 is 6.09 Å². The van der Waals surface area contributed by atoms with Crippen LogP contribution in [0.2, 0.25) is 0 Å². The highest BCUT2D eigenvalue weighted by Gasteiger charge is 2.53. The molecule has 3 atom stereocenters. The fraction of sp³-hybridized carbons (Fsp3) is 0.618. The quantitative estimate of drug-likeness (QED) is 0.287. The molecule has 8 nitrogen and oxygen atoms in total. The van der Waals surface area contributed by atoms with Crippen LogP contribution in [0.3, 0.4) is 0 Å². The van der Waals surface area contributed by atoms with E-state index < -0.39 is 15.9 Å². The predicted octanol–water partition coefficient (Wildman–Crippen LogP) is 5.62. The number of amides is 1. The van der Waals surface area contributed by atoms with Gasteiger partial charge in [0.15, 0.2) is 9.84 Å². The van der Waals surface area contributed by atoms with Gasteiger partial charge in [-0.3, -0.25) is 0 Å². The lowest BCUT2D eigenvalue weighted by Gasteiger charge is -2.53. The zero-order valence-electron chi connectivity index (χ0n) is 25.4. The Morgan fingerprint density at radius 2 is 1.68 bits per heavy atom. The molecule has 0 aromatic heterocycles. The van der Waals surface area contributed by atoms with Crippen molar-refractivity contribution < 1.29 is 31.8 Å². The minimum absolute atomic E-state index is 0.0684. The van der Waals surface area contributed by atoms with Crippen molar-refractivity contribution >= 4 is 15.9 Å². The molecule has 4 fully saturated rings. The first-order valence-corrected chi connectivity index (χ1v) is 17.8. The molecule has 3 saturated carbocycles. The fourth-order valence-electron chi connectivity index (χ4n) is 8.00. The monoisotopic (exact) mass is 628 g/mol. The van der Waals surface area contributed by atoms with Crippen LogP contribution in [0.5, 0.6) is 5.75 Å². The first-order chi connectivity index (χ1) is 21.3. The third-order valence-electron chi connectivity index (χ3n) is 10.4. The Morgan fingerprint density at radius 3 is 2.32 bits per heavy atom. The molecule has 1 saturated heterocycles. The van der Waals surface area contributed by atoms with Gasteiger partial charge in [-0.05, 0) is 125 Å². The number of primary amides is 1. The van der Waals surface area contributed by atoms with E-state index in [1.165, 1.54) is 6.07 Å². The molecule has 44 heavy (non-hydrogen) atoms. The highest BCUT2D eigenvalue weighted by Crippen LogP contribution is 2.53. The van der Waals surface area contributed by atoms with Crippen LogP contribution in [-0.4, -0.2) is 69.7 Å². The normalized spacial score (nSPS) is 27.3. The molecule has 0 unspecified atom stereocenters. The summed E-state index contributed by atoms with van der Waals surface area (Å²) in [4.78, 5) is 14.7. The summed E-state index contributed by atoms with van der Waals surface area (Å²) < 4.78 is 57.4. The second kappa shape index (κ2) is 13.3. The molecule has 3 aliphatic carbocycles. The SMILES string of the molecule is NC(=O)O[C@H]1CCC[C@@H]1[C@@](CN1CCC1)(c1cccc(F)c1)C1CCC(OCCOc2ccc(S(=O)(=O)C3CC3)cc2)CC1. The summed E-state index contributed by atoms with van der Waals surface area (Å²) in [6.45, 7) is 3.71. The number of nitrogens with zero attached hydrogens (tertiary/aromatic N) is 1. The van der Waals surface area contributed by atoms with Gasteiger partial charge < -0.3 is 24.8 Å². The maximum atomic E-state index is 14.8. The Morgan fingerprint density at radius 1 is 0.932 bits per heavy atom. The number of ether oxygens (including phenoxy) is 3. The Labute approximate surface area is 260 Å². The molecular formula is C34H45FN2O6S.